The summed E-state index contributed by atoms with van der Waals surface area (Å²) in [6.07, 6.45) is 1.26. The normalized spacial score (nSPS) is 9.67. The largest absolute Gasteiger partial charge is 0.476 e. The van der Waals surface area contributed by atoms with Crippen LogP contribution in [0, 0.1) is 21.4 Å². The molecule has 2 rings (SSSR count). The second-order valence-electron chi connectivity index (χ2n) is 3.81. The van der Waals surface area contributed by atoms with Crippen molar-refractivity contribution >= 4 is 11.7 Å². The van der Waals surface area contributed by atoms with E-state index in [0.717, 1.165) is 12.1 Å². The van der Waals surface area contributed by atoms with Crippen molar-refractivity contribution < 1.29 is 19.6 Å². The van der Waals surface area contributed by atoms with Crippen LogP contribution in [-0.2, 0) is 0 Å². The highest BCUT2D eigenvalue weighted by Crippen LogP contribution is 2.33. The fourth-order valence-electron chi connectivity index (χ4n) is 1.57. The zero-order valence-corrected chi connectivity index (χ0v) is 10.4. The smallest absolute Gasteiger partial charge is 0.358 e. The molecule has 0 aliphatic carbocycles. The molecule has 21 heavy (non-hydrogen) atoms. The van der Waals surface area contributed by atoms with Crippen LogP contribution in [-0.4, -0.2) is 21.0 Å². The molecule has 8 nitrogen and oxygen atoms in total. The van der Waals surface area contributed by atoms with Crippen molar-refractivity contribution in [2.24, 2.45) is 0 Å². The number of pyridine rings is 1. The second-order valence-corrected chi connectivity index (χ2v) is 3.81. The van der Waals surface area contributed by atoms with E-state index >= 15 is 0 Å². The van der Waals surface area contributed by atoms with Crippen molar-refractivity contribution in [1.82, 2.24) is 4.98 Å². The lowest BCUT2D eigenvalue weighted by Gasteiger charge is -2.08. The van der Waals surface area contributed by atoms with E-state index in [-0.39, 0.29) is 28.4 Å². The van der Waals surface area contributed by atoms with E-state index in [0.29, 0.717) is 0 Å². The predicted molar refractivity (Wildman–Crippen MR) is 69.1 cm³/mol. The van der Waals surface area contributed by atoms with E-state index in [1.165, 1.54) is 24.4 Å². The Morgan fingerprint density at radius 3 is 2.76 bits per heavy atom. The Kier molecular flexibility index (Phi) is 3.76. The summed E-state index contributed by atoms with van der Waals surface area (Å²) in [5, 5.41) is 28.8. The third-order valence-electron chi connectivity index (χ3n) is 2.48. The summed E-state index contributed by atoms with van der Waals surface area (Å²) in [6, 6.07) is 8.12. The molecular weight excluding hydrogens is 278 g/mol. The number of benzene rings is 1. The van der Waals surface area contributed by atoms with Crippen LogP contribution < -0.4 is 4.74 Å². The Bertz CT molecular complexity index is 767. The van der Waals surface area contributed by atoms with Crippen LogP contribution in [0.1, 0.15) is 16.1 Å². The van der Waals surface area contributed by atoms with Gasteiger partial charge in [0.2, 0.25) is 5.75 Å². The predicted octanol–water partition coefficient (Wildman–Crippen LogP) is 2.35. The van der Waals surface area contributed by atoms with Crippen LogP contribution in [0.25, 0.3) is 0 Å². The highest BCUT2D eigenvalue weighted by Gasteiger charge is 2.20. The van der Waals surface area contributed by atoms with Gasteiger partial charge in [0.1, 0.15) is 0 Å². The molecule has 1 aromatic carbocycles. The minimum Gasteiger partial charge on any atom is -0.476 e. The minimum absolute atomic E-state index is 0.149. The van der Waals surface area contributed by atoms with Gasteiger partial charge in [0.25, 0.3) is 0 Å². The van der Waals surface area contributed by atoms with E-state index in [4.69, 9.17) is 15.1 Å². The average Bonchev–Trinajstić information content (AvgIpc) is 2.47. The fraction of sp³-hybridized carbons (Fsp3) is 0. The van der Waals surface area contributed by atoms with Crippen LogP contribution in [0.5, 0.6) is 11.5 Å². The summed E-state index contributed by atoms with van der Waals surface area (Å²) in [5.74, 6) is -1.71. The first-order chi connectivity index (χ1) is 10.0. The number of nitriles is 1. The third-order valence-corrected chi connectivity index (χ3v) is 2.48. The van der Waals surface area contributed by atoms with Gasteiger partial charge in [-0.1, -0.05) is 0 Å². The maximum absolute atomic E-state index is 11.0. The fourth-order valence-corrected chi connectivity index (χ4v) is 1.57. The maximum atomic E-state index is 11.0. The van der Waals surface area contributed by atoms with Gasteiger partial charge in [-0.05, 0) is 18.2 Å². The molecule has 1 N–H and O–H groups in total. The highest BCUT2D eigenvalue weighted by atomic mass is 16.6. The van der Waals surface area contributed by atoms with Gasteiger partial charge in [-0.3, -0.25) is 10.1 Å². The van der Waals surface area contributed by atoms with Crippen LogP contribution in [0.4, 0.5) is 5.69 Å². The van der Waals surface area contributed by atoms with Crippen LogP contribution in [0.2, 0.25) is 0 Å². The van der Waals surface area contributed by atoms with Crippen molar-refractivity contribution in [2.75, 3.05) is 0 Å². The van der Waals surface area contributed by atoms with Gasteiger partial charge in [-0.25, -0.2) is 9.78 Å². The number of carboxylic acid groups (broad SMARTS) is 1. The Labute approximate surface area is 118 Å². The lowest BCUT2D eigenvalue weighted by molar-refractivity contribution is -0.385. The first-order valence-corrected chi connectivity index (χ1v) is 5.57. The van der Waals surface area contributed by atoms with E-state index in [1.54, 1.807) is 0 Å². The molecular formula is C13H7N3O5. The van der Waals surface area contributed by atoms with E-state index in [2.05, 4.69) is 4.98 Å². The Hall–Kier alpha value is -3.47. The molecule has 8 heteroatoms. The van der Waals surface area contributed by atoms with Crippen molar-refractivity contribution in [3.8, 4) is 17.6 Å². The van der Waals surface area contributed by atoms with Gasteiger partial charge in [0.15, 0.2) is 11.4 Å². The third kappa shape index (κ3) is 2.93. The monoisotopic (exact) mass is 285 g/mol. The Morgan fingerprint density at radius 1 is 1.38 bits per heavy atom. The lowest BCUT2D eigenvalue weighted by atomic mass is 10.2. The number of nitro benzene ring substituents is 1. The molecule has 0 aliphatic heterocycles. The zero-order valence-electron chi connectivity index (χ0n) is 10.4. The molecule has 104 valence electrons. The Morgan fingerprint density at radius 2 is 2.14 bits per heavy atom. The van der Waals surface area contributed by atoms with Crippen molar-refractivity contribution in [1.29, 1.82) is 5.26 Å². The van der Waals surface area contributed by atoms with Crippen LogP contribution in [0.15, 0.2) is 36.5 Å². The number of hydrogen-bond donors (Lipinski definition) is 1. The highest BCUT2D eigenvalue weighted by molar-refractivity contribution is 5.88. The molecule has 0 fully saturated rings. The molecule has 0 amide bonds. The molecule has 0 unspecified atom stereocenters. The summed E-state index contributed by atoms with van der Waals surface area (Å²) >= 11 is 0. The molecule has 0 bridgehead atoms. The number of rotatable bonds is 4. The van der Waals surface area contributed by atoms with Gasteiger partial charge in [0, 0.05) is 18.3 Å². The van der Waals surface area contributed by atoms with Gasteiger partial charge in [-0.15, -0.1) is 0 Å². The number of nitrogens with zero attached hydrogens (tertiary/aromatic N) is 3. The first-order valence-electron chi connectivity index (χ1n) is 5.57. The van der Waals surface area contributed by atoms with E-state index in [1.807, 2.05) is 6.07 Å². The molecule has 0 radical (unpaired) electrons. The molecule has 0 spiro atoms. The number of carbonyl (C=O) groups is 1. The number of nitro groups is 1. The van der Waals surface area contributed by atoms with E-state index in [9.17, 15) is 14.9 Å². The minimum atomic E-state index is -1.33. The molecule has 0 aliphatic rings. The number of ether oxygens (including phenoxy) is 1. The summed E-state index contributed by atoms with van der Waals surface area (Å²) in [6.45, 7) is 0. The van der Waals surface area contributed by atoms with Crippen molar-refractivity contribution in [2.45, 2.75) is 0 Å². The van der Waals surface area contributed by atoms with Crippen molar-refractivity contribution in [3.05, 3.63) is 57.9 Å². The molecule has 0 saturated carbocycles. The van der Waals surface area contributed by atoms with Crippen molar-refractivity contribution in [3.63, 3.8) is 0 Å². The summed E-state index contributed by atoms with van der Waals surface area (Å²) in [7, 11) is 0. The van der Waals surface area contributed by atoms with E-state index < -0.39 is 10.9 Å². The molecule has 0 atom stereocenters. The second kappa shape index (κ2) is 5.66. The molecule has 2 aromatic rings. The van der Waals surface area contributed by atoms with Crippen LogP contribution in [0.3, 0.4) is 0 Å². The van der Waals surface area contributed by atoms with Crippen LogP contribution >= 0.6 is 0 Å². The molecule has 1 aromatic heterocycles. The zero-order chi connectivity index (χ0) is 15.4. The quantitative estimate of drug-likeness (QED) is 0.674. The molecule has 0 saturated heterocycles. The number of aromatic nitrogens is 1. The summed E-state index contributed by atoms with van der Waals surface area (Å²) in [5.41, 5.74) is -0.611. The first kappa shape index (κ1) is 14.0. The summed E-state index contributed by atoms with van der Waals surface area (Å²) < 4.78 is 5.27. The Balaban J connectivity index is 2.51. The number of hydrogen-bond acceptors (Lipinski definition) is 6. The summed E-state index contributed by atoms with van der Waals surface area (Å²) in [4.78, 5) is 24.9. The topological polar surface area (TPSA) is 126 Å². The standard InChI is InChI=1S/C13H7N3O5/c14-7-8-3-4-9(16(19)20)11(6-8)21-10-2-1-5-15-12(10)13(17)18/h1-6H,(H,17,18). The number of aromatic carboxylic acids is 1. The SMILES string of the molecule is N#Cc1ccc([N+](=O)[O-])c(Oc2cccnc2C(=O)O)c1. The number of carboxylic acids is 1. The molecule has 1 heterocycles. The van der Waals surface area contributed by atoms with Gasteiger partial charge >= 0.3 is 11.7 Å². The van der Waals surface area contributed by atoms with Gasteiger partial charge < -0.3 is 9.84 Å². The lowest BCUT2D eigenvalue weighted by Crippen LogP contribution is -2.03. The van der Waals surface area contributed by atoms with Gasteiger partial charge in [0.05, 0.1) is 16.6 Å². The maximum Gasteiger partial charge on any atom is 0.358 e. The average molecular weight is 285 g/mol. The van der Waals surface area contributed by atoms with Gasteiger partial charge in [-0.2, -0.15) is 5.26 Å².